The van der Waals surface area contributed by atoms with Crippen molar-refractivity contribution >= 4 is 29.1 Å². The lowest BCUT2D eigenvalue weighted by Gasteiger charge is -2.04. The lowest BCUT2D eigenvalue weighted by molar-refractivity contribution is 0.0950. The molecule has 6 nitrogen and oxygen atoms in total. The summed E-state index contributed by atoms with van der Waals surface area (Å²) in [6.07, 6.45) is 0. The molecule has 0 aliphatic heterocycles. The number of methoxy groups -OCH3 is 1. The highest BCUT2D eigenvalue weighted by Gasteiger charge is 2.10. The molecular weight excluding hydrogens is 363 g/mol. The monoisotopic (exact) mass is 376 g/mol. The molecule has 2 aromatic carbocycles. The van der Waals surface area contributed by atoms with Crippen molar-refractivity contribution in [2.75, 3.05) is 7.11 Å². The van der Waals surface area contributed by atoms with E-state index in [0.717, 1.165) is 11.3 Å². The number of benzene rings is 2. The van der Waals surface area contributed by atoms with Crippen LogP contribution >= 0.6 is 23.2 Å². The number of nitrogens with one attached hydrogen (secondary N) is 2. The van der Waals surface area contributed by atoms with Gasteiger partial charge in [0.05, 0.1) is 13.7 Å². The molecule has 0 bridgehead atoms. The van der Waals surface area contributed by atoms with Gasteiger partial charge in [-0.3, -0.25) is 9.89 Å². The first-order valence-electron chi connectivity index (χ1n) is 7.35. The molecule has 0 saturated carbocycles. The normalized spacial score (nSPS) is 10.5. The third kappa shape index (κ3) is 4.29. The number of amides is 1. The van der Waals surface area contributed by atoms with Crippen LogP contribution in [-0.4, -0.2) is 28.2 Å². The van der Waals surface area contributed by atoms with Crippen molar-refractivity contribution in [1.82, 2.24) is 20.5 Å². The van der Waals surface area contributed by atoms with E-state index in [2.05, 4.69) is 20.5 Å². The minimum absolute atomic E-state index is 0.201. The Kier molecular flexibility index (Phi) is 5.21. The quantitative estimate of drug-likeness (QED) is 0.710. The van der Waals surface area contributed by atoms with Crippen LogP contribution in [0, 0.1) is 0 Å². The number of hydrogen-bond donors (Lipinski definition) is 2. The Labute approximate surface area is 154 Å². The van der Waals surface area contributed by atoms with E-state index in [4.69, 9.17) is 27.9 Å². The molecule has 0 radical (unpaired) electrons. The largest absolute Gasteiger partial charge is 0.497 e. The Balaban J connectivity index is 1.65. The maximum absolute atomic E-state index is 12.2. The van der Waals surface area contributed by atoms with Crippen molar-refractivity contribution in [2.24, 2.45) is 0 Å². The smallest absolute Gasteiger partial charge is 0.251 e. The predicted octanol–water partition coefficient (Wildman–Crippen LogP) is 3.72. The van der Waals surface area contributed by atoms with Crippen molar-refractivity contribution in [1.29, 1.82) is 0 Å². The highest BCUT2D eigenvalue weighted by Crippen LogP contribution is 2.20. The first kappa shape index (κ1) is 17.3. The summed E-state index contributed by atoms with van der Waals surface area (Å²) in [7, 11) is 1.61. The van der Waals surface area contributed by atoms with E-state index in [1.165, 1.54) is 0 Å². The Bertz CT molecular complexity index is 874. The summed E-state index contributed by atoms with van der Waals surface area (Å²) in [5.74, 6) is 1.53. The molecule has 3 rings (SSSR count). The first-order chi connectivity index (χ1) is 12.0. The van der Waals surface area contributed by atoms with Gasteiger partial charge in [0.1, 0.15) is 11.6 Å². The van der Waals surface area contributed by atoms with Crippen molar-refractivity contribution < 1.29 is 9.53 Å². The van der Waals surface area contributed by atoms with Gasteiger partial charge >= 0.3 is 0 Å². The van der Waals surface area contributed by atoms with Gasteiger partial charge in [0.2, 0.25) is 0 Å². The Hall–Kier alpha value is -2.57. The fraction of sp³-hybridized carbons (Fsp3) is 0.118. The lowest BCUT2D eigenvalue weighted by Crippen LogP contribution is -2.23. The molecule has 0 aliphatic carbocycles. The van der Waals surface area contributed by atoms with Gasteiger partial charge < -0.3 is 10.1 Å². The second-order valence-electron chi connectivity index (χ2n) is 5.18. The average Bonchev–Trinajstić information content (AvgIpc) is 3.08. The minimum atomic E-state index is -0.299. The first-order valence-corrected chi connectivity index (χ1v) is 8.11. The van der Waals surface area contributed by atoms with Gasteiger partial charge in [-0.15, -0.1) is 0 Å². The van der Waals surface area contributed by atoms with Gasteiger partial charge in [-0.1, -0.05) is 23.2 Å². The summed E-state index contributed by atoms with van der Waals surface area (Å²) in [6, 6.07) is 12.0. The molecule has 1 aromatic heterocycles. The van der Waals surface area contributed by atoms with Crippen LogP contribution in [0.15, 0.2) is 42.5 Å². The summed E-state index contributed by atoms with van der Waals surface area (Å²) < 4.78 is 5.12. The highest BCUT2D eigenvalue weighted by atomic mass is 35.5. The summed E-state index contributed by atoms with van der Waals surface area (Å²) in [4.78, 5) is 16.5. The van der Waals surface area contributed by atoms with Gasteiger partial charge in [0, 0.05) is 21.2 Å². The second-order valence-corrected chi connectivity index (χ2v) is 6.05. The third-order valence-electron chi connectivity index (χ3n) is 3.42. The lowest BCUT2D eigenvalue weighted by atomic mass is 10.2. The number of H-pyrrole nitrogens is 1. The molecular formula is C17H14Cl2N4O2. The van der Waals surface area contributed by atoms with E-state index in [-0.39, 0.29) is 12.5 Å². The van der Waals surface area contributed by atoms with E-state index in [1.54, 1.807) is 25.3 Å². The maximum atomic E-state index is 12.2. The standard InChI is InChI=1S/C17H14Cl2N4O2/c1-25-14-4-2-10(3-5-14)16-21-15(22-23-16)9-20-17(24)11-6-12(18)8-13(19)7-11/h2-8H,9H2,1H3,(H,20,24)(H,21,22,23). The minimum Gasteiger partial charge on any atom is -0.497 e. The second kappa shape index (κ2) is 7.55. The van der Waals surface area contributed by atoms with Gasteiger partial charge in [-0.25, -0.2) is 4.98 Å². The van der Waals surface area contributed by atoms with Crippen LogP contribution in [0.1, 0.15) is 16.2 Å². The van der Waals surface area contributed by atoms with E-state index in [9.17, 15) is 4.79 Å². The number of nitrogens with zero attached hydrogens (tertiary/aromatic N) is 2. The van der Waals surface area contributed by atoms with Crippen LogP contribution in [-0.2, 0) is 6.54 Å². The molecule has 0 spiro atoms. The van der Waals surface area contributed by atoms with Gasteiger partial charge in [-0.2, -0.15) is 5.10 Å². The third-order valence-corrected chi connectivity index (χ3v) is 3.86. The number of ether oxygens (including phenoxy) is 1. The van der Waals surface area contributed by atoms with Gasteiger partial charge in [-0.05, 0) is 42.5 Å². The molecule has 0 atom stereocenters. The van der Waals surface area contributed by atoms with Crippen LogP contribution in [0.3, 0.4) is 0 Å². The van der Waals surface area contributed by atoms with Crippen molar-refractivity contribution in [3.63, 3.8) is 0 Å². The van der Waals surface area contributed by atoms with Crippen LogP contribution in [0.25, 0.3) is 11.4 Å². The molecule has 1 amide bonds. The fourth-order valence-corrected chi connectivity index (χ4v) is 2.72. The molecule has 8 heteroatoms. The summed E-state index contributed by atoms with van der Waals surface area (Å²) in [6.45, 7) is 0.201. The Morgan fingerprint density at radius 1 is 1.16 bits per heavy atom. The SMILES string of the molecule is COc1ccc(-c2n[nH]c(CNC(=O)c3cc(Cl)cc(Cl)c3)n2)cc1. The topological polar surface area (TPSA) is 79.9 Å². The van der Waals surface area contributed by atoms with E-state index >= 15 is 0 Å². The number of hydrogen-bond acceptors (Lipinski definition) is 4. The summed E-state index contributed by atoms with van der Waals surface area (Å²) in [5, 5.41) is 10.5. The van der Waals surface area contributed by atoms with Crippen molar-refractivity contribution in [2.45, 2.75) is 6.54 Å². The number of carbonyl (C=O) groups excluding carboxylic acids is 1. The summed E-state index contributed by atoms with van der Waals surface area (Å²) >= 11 is 11.8. The molecule has 0 saturated heterocycles. The van der Waals surface area contributed by atoms with Crippen LogP contribution in [0.5, 0.6) is 5.75 Å². The number of aromatic amines is 1. The molecule has 0 unspecified atom stereocenters. The number of carbonyl (C=O) groups is 1. The molecule has 0 aliphatic rings. The molecule has 25 heavy (non-hydrogen) atoms. The fourth-order valence-electron chi connectivity index (χ4n) is 2.19. The molecule has 0 fully saturated rings. The van der Waals surface area contributed by atoms with Crippen LogP contribution in [0.4, 0.5) is 0 Å². The van der Waals surface area contributed by atoms with Gasteiger partial charge in [0.15, 0.2) is 5.82 Å². The van der Waals surface area contributed by atoms with E-state index < -0.39 is 0 Å². The molecule has 128 valence electrons. The average molecular weight is 377 g/mol. The zero-order valence-corrected chi connectivity index (χ0v) is 14.7. The number of halogens is 2. The maximum Gasteiger partial charge on any atom is 0.251 e. The zero-order valence-electron chi connectivity index (χ0n) is 13.2. The molecule has 2 N–H and O–H groups in total. The Morgan fingerprint density at radius 2 is 1.84 bits per heavy atom. The molecule has 1 heterocycles. The predicted molar refractivity (Wildman–Crippen MR) is 96.0 cm³/mol. The van der Waals surface area contributed by atoms with Gasteiger partial charge in [0.25, 0.3) is 5.91 Å². The van der Waals surface area contributed by atoms with E-state index in [1.807, 2.05) is 24.3 Å². The Morgan fingerprint density at radius 3 is 2.48 bits per heavy atom. The number of rotatable bonds is 5. The van der Waals surface area contributed by atoms with Crippen LogP contribution < -0.4 is 10.1 Å². The van der Waals surface area contributed by atoms with Crippen molar-refractivity contribution in [3.8, 4) is 17.1 Å². The van der Waals surface area contributed by atoms with Crippen molar-refractivity contribution in [3.05, 3.63) is 63.9 Å². The van der Waals surface area contributed by atoms with Crippen LogP contribution in [0.2, 0.25) is 10.0 Å². The molecule has 3 aromatic rings. The highest BCUT2D eigenvalue weighted by molar-refractivity contribution is 6.35. The zero-order chi connectivity index (χ0) is 17.8. The van der Waals surface area contributed by atoms with E-state index in [0.29, 0.717) is 27.3 Å². The summed E-state index contributed by atoms with van der Waals surface area (Å²) in [5.41, 5.74) is 1.23. The number of aromatic nitrogens is 3.